The van der Waals surface area contributed by atoms with Gasteiger partial charge in [0, 0.05) is 0 Å². The minimum absolute atomic E-state index is 0.137. The maximum absolute atomic E-state index is 5.84. The molecule has 0 bridgehead atoms. The van der Waals surface area contributed by atoms with Gasteiger partial charge in [0.15, 0.2) is 0 Å². The Morgan fingerprint density at radius 1 is 1.12 bits per heavy atom. The van der Waals surface area contributed by atoms with Gasteiger partial charge in [-0.25, -0.2) is 0 Å². The van der Waals surface area contributed by atoms with Crippen LogP contribution in [-0.4, -0.2) is 20.7 Å². The van der Waals surface area contributed by atoms with E-state index < -0.39 is 0 Å². The van der Waals surface area contributed by atoms with Crippen molar-refractivity contribution in [1.29, 1.82) is 0 Å². The van der Waals surface area contributed by atoms with Crippen molar-refractivity contribution < 1.29 is 0 Å². The number of rotatable bonds is 3. The van der Waals surface area contributed by atoms with Crippen molar-refractivity contribution in [3.05, 3.63) is 57.8 Å². The van der Waals surface area contributed by atoms with Crippen LogP contribution in [0.25, 0.3) is 0 Å². The van der Waals surface area contributed by atoms with Crippen molar-refractivity contribution in [1.82, 2.24) is 4.98 Å². The molecule has 2 aromatic rings. The van der Waals surface area contributed by atoms with Gasteiger partial charge in [0.25, 0.3) is 0 Å². The van der Waals surface area contributed by atoms with Gasteiger partial charge in [0.05, 0.1) is 0 Å². The van der Waals surface area contributed by atoms with Crippen LogP contribution in [0.2, 0.25) is 5.02 Å². The predicted molar refractivity (Wildman–Crippen MR) is 72.5 cm³/mol. The molecule has 0 aliphatic carbocycles. The zero-order valence-electron chi connectivity index (χ0n) is 8.40. The number of nitrogens with zero attached hydrogens (tertiary/aromatic N) is 1. The van der Waals surface area contributed by atoms with Crippen LogP contribution in [0.3, 0.4) is 0 Å². The molecule has 0 N–H and O–H groups in total. The molecule has 4 heteroatoms. The van der Waals surface area contributed by atoms with Crippen molar-refractivity contribution in [2.45, 2.75) is 5.21 Å². The van der Waals surface area contributed by atoms with Gasteiger partial charge in [0.1, 0.15) is 0 Å². The second-order valence-electron chi connectivity index (χ2n) is 3.26. The van der Waals surface area contributed by atoms with Gasteiger partial charge in [-0.05, 0) is 0 Å². The summed E-state index contributed by atoms with van der Waals surface area (Å²) in [7, 11) is 0. The Balaban J connectivity index is 1.97. The van der Waals surface area contributed by atoms with E-state index in [0.717, 1.165) is 20.4 Å². The molecule has 2 rings (SSSR count). The first-order valence-corrected chi connectivity index (χ1v) is 8.21. The van der Waals surface area contributed by atoms with Crippen LogP contribution < -0.4 is 4.35 Å². The van der Waals surface area contributed by atoms with Crippen LogP contribution in [0, 0.1) is 0 Å². The molecule has 0 saturated carbocycles. The molecule has 0 spiro atoms. The molecule has 0 aliphatic heterocycles. The molecule has 0 amide bonds. The van der Waals surface area contributed by atoms with Crippen molar-refractivity contribution in [2.75, 3.05) is 0 Å². The second-order valence-corrected chi connectivity index (χ2v) is 7.02. The fraction of sp³-hybridized carbons (Fsp3) is 0.0833. The summed E-state index contributed by atoms with van der Waals surface area (Å²) in [5, 5.41) is 1.84. The average Bonchev–Trinajstić information content (AvgIpc) is 2.30. The summed E-state index contributed by atoms with van der Waals surface area (Å²) in [6.07, 6.45) is 1.85. The van der Waals surface area contributed by atoms with Crippen LogP contribution in [0.4, 0.5) is 0 Å². The van der Waals surface area contributed by atoms with E-state index >= 15 is 0 Å². The van der Waals surface area contributed by atoms with E-state index in [2.05, 4.69) is 39.1 Å². The minimum atomic E-state index is 0.137. The quantitative estimate of drug-likeness (QED) is 0.770. The van der Waals surface area contributed by atoms with Gasteiger partial charge >= 0.3 is 116 Å². The Hall–Kier alpha value is -0.302. The number of hydrogen-bond donors (Lipinski definition) is 0. The number of aromatic nitrogens is 1. The molecular formula is C12H9AsBrClN. The van der Waals surface area contributed by atoms with Gasteiger partial charge in [-0.2, -0.15) is 0 Å². The standard InChI is InChI=1S/C12H9AsBrClN/c14-10-3-6-12(16-8-10)7-13-9-1-4-11(15)5-2-9/h1-6,8H,7H2. The van der Waals surface area contributed by atoms with E-state index in [1.54, 1.807) is 0 Å². The van der Waals surface area contributed by atoms with Crippen LogP contribution in [0.1, 0.15) is 5.69 Å². The van der Waals surface area contributed by atoms with Crippen molar-refractivity contribution in [3.8, 4) is 0 Å². The number of hydrogen-bond acceptors (Lipinski definition) is 1. The van der Waals surface area contributed by atoms with Gasteiger partial charge in [-0.3, -0.25) is 0 Å². The van der Waals surface area contributed by atoms with E-state index in [1.165, 1.54) is 4.35 Å². The molecule has 0 fully saturated rings. The maximum atomic E-state index is 5.84. The topological polar surface area (TPSA) is 12.9 Å². The Morgan fingerprint density at radius 2 is 1.88 bits per heavy atom. The Morgan fingerprint density at radius 3 is 2.50 bits per heavy atom. The number of halogens is 2. The van der Waals surface area contributed by atoms with Crippen LogP contribution in [0.15, 0.2) is 47.1 Å². The zero-order chi connectivity index (χ0) is 11.4. The third-order valence-electron chi connectivity index (χ3n) is 2.04. The predicted octanol–water partition coefficient (Wildman–Crippen LogP) is 3.03. The van der Waals surface area contributed by atoms with Gasteiger partial charge in [0.2, 0.25) is 0 Å². The molecule has 16 heavy (non-hydrogen) atoms. The third kappa shape index (κ3) is 3.62. The molecule has 1 aromatic heterocycles. The SMILES string of the molecule is Clc1ccc([As]Cc2ccc(Br)cn2)cc1. The molecule has 0 unspecified atom stereocenters. The first-order valence-electron chi connectivity index (χ1n) is 4.77. The summed E-state index contributed by atoms with van der Waals surface area (Å²) in [5.74, 6) is 0. The first kappa shape index (κ1) is 12.2. The molecular weight excluding hydrogens is 348 g/mol. The summed E-state index contributed by atoms with van der Waals surface area (Å²) in [4.78, 5) is 4.36. The second kappa shape index (κ2) is 5.86. The van der Waals surface area contributed by atoms with Crippen molar-refractivity contribution >= 4 is 47.6 Å². The van der Waals surface area contributed by atoms with E-state index in [0.29, 0.717) is 0 Å². The Kier molecular flexibility index (Phi) is 4.45. The van der Waals surface area contributed by atoms with E-state index in [1.807, 2.05) is 24.4 Å². The Labute approximate surface area is 115 Å². The van der Waals surface area contributed by atoms with Crippen LogP contribution in [0.5, 0.6) is 0 Å². The fourth-order valence-electron chi connectivity index (χ4n) is 1.22. The normalized spacial score (nSPS) is 11.1. The molecule has 0 saturated heterocycles. The zero-order valence-corrected chi connectivity index (χ0v) is 12.6. The molecule has 1 radical (unpaired) electrons. The summed E-state index contributed by atoms with van der Waals surface area (Å²) >= 11 is 9.36. The van der Waals surface area contributed by atoms with E-state index in [9.17, 15) is 0 Å². The van der Waals surface area contributed by atoms with Gasteiger partial charge in [-0.15, -0.1) is 0 Å². The first-order chi connectivity index (χ1) is 7.74. The van der Waals surface area contributed by atoms with Gasteiger partial charge in [-0.1, -0.05) is 0 Å². The van der Waals surface area contributed by atoms with Crippen molar-refractivity contribution in [2.24, 2.45) is 0 Å². The molecule has 0 aliphatic rings. The number of pyridine rings is 1. The summed E-state index contributed by atoms with van der Waals surface area (Å²) in [6, 6.07) is 12.2. The van der Waals surface area contributed by atoms with Gasteiger partial charge < -0.3 is 0 Å². The molecule has 1 aromatic carbocycles. The number of benzene rings is 1. The van der Waals surface area contributed by atoms with Crippen LogP contribution >= 0.6 is 27.5 Å². The average molecular weight is 357 g/mol. The molecule has 1 heterocycles. The molecule has 0 atom stereocenters. The third-order valence-corrected chi connectivity index (χ3v) is 5.16. The van der Waals surface area contributed by atoms with Crippen LogP contribution in [-0.2, 0) is 5.21 Å². The summed E-state index contributed by atoms with van der Waals surface area (Å²) < 4.78 is 2.41. The van der Waals surface area contributed by atoms with Crippen molar-refractivity contribution in [3.63, 3.8) is 0 Å². The fourth-order valence-corrected chi connectivity index (χ4v) is 3.45. The molecule has 81 valence electrons. The Bertz CT molecular complexity index is 410. The summed E-state index contributed by atoms with van der Waals surface area (Å²) in [5.41, 5.74) is 1.15. The van der Waals surface area contributed by atoms with E-state index in [4.69, 9.17) is 11.6 Å². The molecule has 1 nitrogen and oxygen atoms in total. The summed E-state index contributed by atoms with van der Waals surface area (Å²) in [6.45, 7) is 0. The monoisotopic (exact) mass is 356 g/mol. The van der Waals surface area contributed by atoms with E-state index in [-0.39, 0.29) is 15.8 Å².